The fraction of sp³-hybridized carbons (Fsp3) is 0.323. The lowest BCUT2D eigenvalue weighted by molar-refractivity contribution is -0.140. The molecule has 1 saturated heterocycles. The molecule has 3 aromatic rings. The third kappa shape index (κ3) is 5.88. The molecule has 9 heteroatoms. The van der Waals surface area contributed by atoms with Gasteiger partial charge < -0.3 is 29.0 Å². The molecule has 1 aliphatic rings. The highest BCUT2D eigenvalue weighted by Gasteiger charge is 2.46. The lowest BCUT2D eigenvalue weighted by Crippen LogP contribution is -2.29. The summed E-state index contributed by atoms with van der Waals surface area (Å²) in [7, 11) is 4.47. The Labute approximate surface area is 234 Å². The summed E-state index contributed by atoms with van der Waals surface area (Å²) in [6.45, 7) is 2.85. The number of nitrogens with zero attached hydrogens (tertiary/aromatic N) is 2. The Hall–Kier alpha value is -4.53. The van der Waals surface area contributed by atoms with E-state index >= 15 is 0 Å². The topological polar surface area (TPSA) is 107 Å². The number of ketones is 1. The van der Waals surface area contributed by atoms with Gasteiger partial charge >= 0.3 is 0 Å². The van der Waals surface area contributed by atoms with E-state index in [1.807, 2.05) is 0 Å². The Balaban J connectivity index is 1.80. The van der Waals surface area contributed by atoms with E-state index in [9.17, 15) is 14.7 Å². The lowest BCUT2D eigenvalue weighted by atomic mass is 9.94. The number of amides is 1. The molecule has 0 bridgehead atoms. The number of carbonyl (C=O) groups excluding carboxylic acids is 2. The zero-order chi connectivity index (χ0) is 28.6. The van der Waals surface area contributed by atoms with Crippen molar-refractivity contribution in [2.45, 2.75) is 38.8 Å². The van der Waals surface area contributed by atoms with Gasteiger partial charge in [-0.2, -0.15) is 0 Å². The molecule has 2 aromatic carbocycles. The molecule has 1 aliphatic heterocycles. The van der Waals surface area contributed by atoms with Crippen molar-refractivity contribution in [2.75, 3.05) is 27.9 Å². The molecule has 210 valence electrons. The SMILES string of the molecule is CCCCCOc1ccc(/C(O)=C2\C(=O)C(=O)N(Cc3ccncc3)C2c2cc(OC)c(OC)c(OC)c2)cc1. The molecule has 1 aromatic heterocycles. The van der Waals surface area contributed by atoms with Crippen molar-refractivity contribution in [3.05, 3.63) is 83.2 Å². The number of hydrogen-bond acceptors (Lipinski definition) is 8. The number of unbranched alkanes of at least 4 members (excludes halogenated alkanes) is 2. The summed E-state index contributed by atoms with van der Waals surface area (Å²) in [5, 5.41) is 11.5. The Morgan fingerprint density at radius 2 is 1.57 bits per heavy atom. The number of ether oxygens (including phenoxy) is 4. The highest BCUT2D eigenvalue weighted by Crippen LogP contribution is 2.46. The van der Waals surface area contributed by atoms with Gasteiger partial charge in [-0.05, 0) is 66.1 Å². The Kier molecular flexibility index (Phi) is 9.27. The molecule has 1 amide bonds. The summed E-state index contributed by atoms with van der Waals surface area (Å²) >= 11 is 0. The minimum atomic E-state index is -0.924. The minimum Gasteiger partial charge on any atom is -0.507 e. The number of carbonyl (C=O) groups is 2. The van der Waals surface area contributed by atoms with Crippen LogP contribution in [0.25, 0.3) is 5.76 Å². The number of pyridine rings is 1. The van der Waals surface area contributed by atoms with Crippen LogP contribution in [0.4, 0.5) is 0 Å². The third-order valence-electron chi connectivity index (χ3n) is 6.79. The van der Waals surface area contributed by atoms with E-state index in [1.165, 1.54) is 26.2 Å². The van der Waals surface area contributed by atoms with Gasteiger partial charge in [0.1, 0.15) is 11.5 Å². The molecule has 4 rings (SSSR count). The van der Waals surface area contributed by atoms with Crippen molar-refractivity contribution in [1.82, 2.24) is 9.88 Å². The van der Waals surface area contributed by atoms with Crippen LogP contribution < -0.4 is 18.9 Å². The standard InChI is InChI=1S/C31H34N2O7/c1-5-6-7-16-40-23-10-8-21(9-11-23)28(34)26-27(22-17-24(37-2)30(39-4)25(18-22)38-3)33(31(36)29(26)35)19-20-12-14-32-15-13-20/h8-15,17-18,27,34H,5-7,16,19H2,1-4H3/b28-26+. The molecule has 0 saturated carbocycles. The van der Waals surface area contributed by atoms with Crippen molar-refractivity contribution in [1.29, 1.82) is 0 Å². The van der Waals surface area contributed by atoms with Gasteiger partial charge in [0.05, 0.1) is 39.6 Å². The van der Waals surface area contributed by atoms with E-state index in [0.29, 0.717) is 40.7 Å². The van der Waals surface area contributed by atoms with Gasteiger partial charge in [0.2, 0.25) is 5.75 Å². The van der Waals surface area contributed by atoms with Crippen LogP contribution in [0.5, 0.6) is 23.0 Å². The molecule has 9 nitrogen and oxygen atoms in total. The zero-order valence-corrected chi connectivity index (χ0v) is 23.2. The predicted molar refractivity (Wildman–Crippen MR) is 150 cm³/mol. The van der Waals surface area contributed by atoms with E-state index in [-0.39, 0.29) is 17.9 Å². The fourth-order valence-corrected chi connectivity index (χ4v) is 4.74. The monoisotopic (exact) mass is 546 g/mol. The molecule has 1 N–H and O–H groups in total. The van der Waals surface area contributed by atoms with Gasteiger partial charge in [-0.3, -0.25) is 14.6 Å². The summed E-state index contributed by atoms with van der Waals surface area (Å²) < 4.78 is 22.3. The molecule has 0 aliphatic carbocycles. The number of likely N-dealkylation sites (tertiary alicyclic amines) is 1. The summed E-state index contributed by atoms with van der Waals surface area (Å²) in [5.74, 6) is -0.0572. The highest BCUT2D eigenvalue weighted by atomic mass is 16.5. The Morgan fingerprint density at radius 1 is 0.925 bits per heavy atom. The van der Waals surface area contributed by atoms with Gasteiger partial charge in [-0.25, -0.2) is 0 Å². The van der Waals surface area contributed by atoms with Crippen molar-refractivity contribution < 1.29 is 33.6 Å². The van der Waals surface area contributed by atoms with E-state index in [1.54, 1.807) is 60.9 Å². The van der Waals surface area contributed by atoms with Gasteiger partial charge in [0.25, 0.3) is 11.7 Å². The van der Waals surface area contributed by atoms with E-state index in [0.717, 1.165) is 24.8 Å². The second-order valence-electron chi connectivity index (χ2n) is 9.32. The van der Waals surface area contributed by atoms with Crippen molar-refractivity contribution in [3.8, 4) is 23.0 Å². The maximum atomic E-state index is 13.5. The first-order chi connectivity index (χ1) is 19.4. The van der Waals surface area contributed by atoms with Crippen LogP contribution >= 0.6 is 0 Å². The zero-order valence-electron chi connectivity index (χ0n) is 23.2. The van der Waals surface area contributed by atoms with Gasteiger partial charge in [-0.1, -0.05) is 19.8 Å². The number of aliphatic hydroxyl groups excluding tert-OH is 1. The molecule has 0 spiro atoms. The van der Waals surface area contributed by atoms with Crippen molar-refractivity contribution >= 4 is 17.4 Å². The lowest BCUT2D eigenvalue weighted by Gasteiger charge is -2.26. The van der Waals surface area contributed by atoms with Crippen molar-refractivity contribution in [2.24, 2.45) is 0 Å². The summed E-state index contributed by atoms with van der Waals surface area (Å²) in [5.41, 5.74) is 1.64. The van der Waals surface area contributed by atoms with Crippen LogP contribution in [0.15, 0.2) is 66.5 Å². The van der Waals surface area contributed by atoms with Crippen LogP contribution in [-0.4, -0.2) is 54.6 Å². The molecular weight excluding hydrogens is 512 g/mol. The number of aliphatic hydroxyl groups is 1. The normalized spacial score (nSPS) is 16.2. The molecule has 1 unspecified atom stereocenters. The maximum Gasteiger partial charge on any atom is 0.295 e. The molecule has 2 heterocycles. The van der Waals surface area contributed by atoms with E-state index in [4.69, 9.17) is 18.9 Å². The minimum absolute atomic E-state index is 0.0371. The first kappa shape index (κ1) is 28.5. The Bertz CT molecular complexity index is 1350. The molecule has 0 radical (unpaired) electrons. The van der Waals surface area contributed by atoms with Crippen molar-refractivity contribution in [3.63, 3.8) is 0 Å². The van der Waals surface area contributed by atoms with E-state index in [2.05, 4.69) is 11.9 Å². The number of methoxy groups -OCH3 is 3. The number of rotatable bonds is 12. The first-order valence-corrected chi connectivity index (χ1v) is 13.1. The average molecular weight is 547 g/mol. The van der Waals surface area contributed by atoms with Crippen LogP contribution in [0.2, 0.25) is 0 Å². The summed E-state index contributed by atoms with van der Waals surface area (Å²) in [4.78, 5) is 32.3. The van der Waals surface area contributed by atoms with Crippen LogP contribution in [0.1, 0.15) is 48.9 Å². The van der Waals surface area contributed by atoms with Crippen LogP contribution in [0, 0.1) is 0 Å². The van der Waals surface area contributed by atoms with Crippen LogP contribution in [0.3, 0.4) is 0 Å². The van der Waals surface area contributed by atoms with Crippen LogP contribution in [-0.2, 0) is 16.1 Å². The molecule has 1 atom stereocenters. The number of Topliss-reactive ketones (excluding diaryl/α,β-unsaturated/α-hetero) is 1. The number of benzene rings is 2. The second kappa shape index (κ2) is 13.0. The smallest absolute Gasteiger partial charge is 0.295 e. The second-order valence-corrected chi connectivity index (χ2v) is 9.32. The molecular formula is C31H34N2O7. The van der Waals surface area contributed by atoms with Gasteiger partial charge in [0.15, 0.2) is 11.5 Å². The maximum absolute atomic E-state index is 13.5. The largest absolute Gasteiger partial charge is 0.507 e. The quantitative estimate of drug-likeness (QED) is 0.141. The Morgan fingerprint density at radius 3 is 2.15 bits per heavy atom. The van der Waals surface area contributed by atoms with Gasteiger partial charge in [0, 0.05) is 24.5 Å². The van der Waals surface area contributed by atoms with Gasteiger partial charge in [-0.15, -0.1) is 0 Å². The average Bonchev–Trinajstić information content (AvgIpc) is 3.23. The van der Waals surface area contributed by atoms with E-state index < -0.39 is 17.7 Å². The predicted octanol–water partition coefficient (Wildman–Crippen LogP) is 5.30. The summed E-state index contributed by atoms with van der Waals surface area (Å²) in [6, 6.07) is 12.8. The third-order valence-corrected chi connectivity index (χ3v) is 6.79. The highest BCUT2D eigenvalue weighted by molar-refractivity contribution is 6.46. The fourth-order valence-electron chi connectivity index (χ4n) is 4.74. The summed E-state index contributed by atoms with van der Waals surface area (Å²) in [6.07, 6.45) is 6.37. The first-order valence-electron chi connectivity index (χ1n) is 13.1. The molecule has 40 heavy (non-hydrogen) atoms. The molecule has 1 fully saturated rings. The number of hydrogen-bond donors (Lipinski definition) is 1. The number of aromatic nitrogens is 1.